The van der Waals surface area contributed by atoms with Crippen LogP contribution in [0.2, 0.25) is 0 Å². The Labute approximate surface area is 106 Å². The zero-order valence-electron chi connectivity index (χ0n) is 10.8. The van der Waals surface area contributed by atoms with Gasteiger partial charge in [-0.15, -0.1) is 0 Å². The highest BCUT2D eigenvalue weighted by atomic mass is 16.4. The first-order valence-electron chi connectivity index (χ1n) is 5.93. The van der Waals surface area contributed by atoms with E-state index in [2.05, 4.69) is 5.32 Å². The lowest BCUT2D eigenvalue weighted by Gasteiger charge is -2.27. The summed E-state index contributed by atoms with van der Waals surface area (Å²) >= 11 is 0. The molecule has 0 aliphatic rings. The summed E-state index contributed by atoms with van der Waals surface area (Å²) in [6.45, 7) is 4.23. The highest BCUT2D eigenvalue weighted by molar-refractivity contribution is 5.76. The van der Waals surface area contributed by atoms with Gasteiger partial charge in [0.05, 0.1) is 6.42 Å². The SMILES string of the molecule is CCN(C(=O)NCCCC(N)=O)C(C)CC(=O)O. The molecule has 0 aliphatic carbocycles. The van der Waals surface area contributed by atoms with E-state index >= 15 is 0 Å². The number of nitrogens with two attached hydrogens (primary N) is 1. The van der Waals surface area contributed by atoms with Crippen LogP contribution in [0, 0.1) is 0 Å². The standard InChI is InChI=1S/C11H21N3O4/c1-3-14(8(2)7-10(16)17)11(18)13-6-4-5-9(12)15/h8H,3-7H2,1-2H3,(H2,12,15)(H,13,18)(H,16,17). The highest BCUT2D eigenvalue weighted by Gasteiger charge is 2.20. The number of hydrogen-bond donors (Lipinski definition) is 3. The Kier molecular flexibility index (Phi) is 7.50. The van der Waals surface area contributed by atoms with Gasteiger partial charge in [0.1, 0.15) is 0 Å². The average molecular weight is 259 g/mol. The lowest BCUT2D eigenvalue weighted by atomic mass is 10.2. The summed E-state index contributed by atoms with van der Waals surface area (Å²) in [6.07, 6.45) is 0.603. The van der Waals surface area contributed by atoms with E-state index in [1.165, 1.54) is 4.90 Å². The summed E-state index contributed by atoms with van der Waals surface area (Å²) < 4.78 is 0. The fraction of sp³-hybridized carbons (Fsp3) is 0.727. The van der Waals surface area contributed by atoms with Gasteiger partial charge in [-0.25, -0.2) is 4.79 Å². The number of aliphatic carboxylic acids is 1. The monoisotopic (exact) mass is 259 g/mol. The number of carboxylic acids is 1. The summed E-state index contributed by atoms with van der Waals surface area (Å²) in [4.78, 5) is 34.3. The zero-order valence-corrected chi connectivity index (χ0v) is 10.8. The highest BCUT2D eigenvalue weighted by Crippen LogP contribution is 2.04. The van der Waals surface area contributed by atoms with E-state index in [4.69, 9.17) is 10.8 Å². The Morgan fingerprint density at radius 3 is 2.44 bits per heavy atom. The molecule has 0 aliphatic heterocycles. The summed E-state index contributed by atoms with van der Waals surface area (Å²) in [5.74, 6) is -1.35. The molecule has 1 unspecified atom stereocenters. The fourth-order valence-corrected chi connectivity index (χ4v) is 1.58. The van der Waals surface area contributed by atoms with Gasteiger partial charge >= 0.3 is 12.0 Å². The second-order valence-electron chi connectivity index (χ2n) is 4.03. The summed E-state index contributed by atoms with van der Waals surface area (Å²) in [5.41, 5.74) is 4.97. The molecule has 0 aromatic heterocycles. The molecule has 104 valence electrons. The number of amides is 3. The summed E-state index contributed by atoms with van der Waals surface area (Å²) in [6, 6.07) is -0.695. The number of nitrogens with zero attached hydrogens (tertiary/aromatic N) is 1. The predicted octanol–water partition coefficient (Wildman–Crippen LogP) is 0.147. The number of hydrogen-bond acceptors (Lipinski definition) is 3. The molecule has 0 heterocycles. The molecule has 0 rings (SSSR count). The third-order valence-corrected chi connectivity index (χ3v) is 2.48. The molecule has 4 N–H and O–H groups in total. The van der Waals surface area contributed by atoms with Crippen LogP contribution in [0.5, 0.6) is 0 Å². The number of rotatable bonds is 8. The van der Waals surface area contributed by atoms with E-state index in [9.17, 15) is 14.4 Å². The van der Waals surface area contributed by atoms with E-state index in [-0.39, 0.29) is 24.9 Å². The van der Waals surface area contributed by atoms with Crippen molar-refractivity contribution >= 4 is 17.9 Å². The smallest absolute Gasteiger partial charge is 0.317 e. The van der Waals surface area contributed by atoms with E-state index in [1.807, 2.05) is 0 Å². The Balaban J connectivity index is 4.10. The van der Waals surface area contributed by atoms with E-state index in [0.717, 1.165) is 0 Å². The van der Waals surface area contributed by atoms with Crippen molar-refractivity contribution in [3.63, 3.8) is 0 Å². The van der Waals surface area contributed by atoms with E-state index in [1.54, 1.807) is 13.8 Å². The van der Waals surface area contributed by atoms with Gasteiger partial charge in [0.15, 0.2) is 0 Å². The molecule has 0 aromatic rings. The maximum atomic E-state index is 11.7. The van der Waals surface area contributed by atoms with Crippen LogP contribution in [0.1, 0.15) is 33.1 Å². The summed E-state index contributed by atoms with van der Waals surface area (Å²) in [5, 5.41) is 11.3. The number of primary amides is 1. The Morgan fingerprint density at radius 2 is 2.00 bits per heavy atom. The van der Waals surface area contributed by atoms with Crippen LogP contribution >= 0.6 is 0 Å². The number of nitrogens with one attached hydrogen (secondary N) is 1. The Hall–Kier alpha value is -1.79. The normalized spacial score (nSPS) is 11.7. The van der Waals surface area contributed by atoms with Crippen LogP contribution in [0.3, 0.4) is 0 Å². The fourth-order valence-electron chi connectivity index (χ4n) is 1.58. The third kappa shape index (κ3) is 6.72. The minimum Gasteiger partial charge on any atom is -0.481 e. The molecule has 0 aromatic carbocycles. The minimum atomic E-state index is -0.942. The lowest BCUT2D eigenvalue weighted by Crippen LogP contribution is -2.46. The van der Waals surface area contributed by atoms with Crippen LogP contribution in [0.15, 0.2) is 0 Å². The van der Waals surface area contributed by atoms with Crippen molar-refractivity contribution in [2.24, 2.45) is 5.73 Å². The van der Waals surface area contributed by atoms with Gasteiger partial charge in [-0.05, 0) is 20.3 Å². The van der Waals surface area contributed by atoms with Crippen molar-refractivity contribution in [3.8, 4) is 0 Å². The molecule has 0 radical (unpaired) electrons. The lowest BCUT2D eigenvalue weighted by molar-refractivity contribution is -0.138. The van der Waals surface area contributed by atoms with Crippen LogP contribution in [0.4, 0.5) is 4.79 Å². The quantitative estimate of drug-likeness (QED) is 0.538. The molecule has 0 saturated carbocycles. The van der Waals surface area contributed by atoms with Gasteiger partial charge in [0.25, 0.3) is 0 Å². The maximum Gasteiger partial charge on any atom is 0.317 e. The Morgan fingerprint density at radius 1 is 1.39 bits per heavy atom. The second kappa shape index (κ2) is 8.32. The Bertz CT molecular complexity index is 307. The van der Waals surface area contributed by atoms with E-state index < -0.39 is 11.9 Å². The van der Waals surface area contributed by atoms with Crippen molar-refractivity contribution in [2.75, 3.05) is 13.1 Å². The van der Waals surface area contributed by atoms with Crippen molar-refractivity contribution < 1.29 is 19.5 Å². The van der Waals surface area contributed by atoms with E-state index in [0.29, 0.717) is 19.5 Å². The van der Waals surface area contributed by atoms with Crippen LogP contribution in [-0.2, 0) is 9.59 Å². The molecule has 0 bridgehead atoms. The first-order valence-corrected chi connectivity index (χ1v) is 5.93. The van der Waals surface area contributed by atoms with Gasteiger partial charge in [0, 0.05) is 25.6 Å². The maximum absolute atomic E-state index is 11.7. The molecule has 0 spiro atoms. The molecule has 7 nitrogen and oxygen atoms in total. The molecular weight excluding hydrogens is 238 g/mol. The first kappa shape index (κ1) is 16.2. The number of carbonyl (C=O) groups excluding carboxylic acids is 2. The molecule has 18 heavy (non-hydrogen) atoms. The first-order chi connectivity index (χ1) is 8.38. The largest absolute Gasteiger partial charge is 0.481 e. The molecule has 3 amide bonds. The van der Waals surface area contributed by atoms with Gasteiger partial charge in [-0.3, -0.25) is 9.59 Å². The predicted molar refractivity (Wildman–Crippen MR) is 65.9 cm³/mol. The van der Waals surface area contributed by atoms with Crippen LogP contribution in [-0.4, -0.2) is 47.0 Å². The third-order valence-electron chi connectivity index (χ3n) is 2.48. The minimum absolute atomic E-state index is 0.0947. The van der Waals surface area contributed by atoms with Crippen molar-refractivity contribution in [3.05, 3.63) is 0 Å². The topological polar surface area (TPSA) is 113 Å². The zero-order chi connectivity index (χ0) is 14.1. The van der Waals surface area contributed by atoms with Crippen molar-refractivity contribution in [1.82, 2.24) is 10.2 Å². The summed E-state index contributed by atoms with van der Waals surface area (Å²) in [7, 11) is 0. The molecule has 0 saturated heterocycles. The van der Waals surface area contributed by atoms with Crippen LogP contribution in [0.25, 0.3) is 0 Å². The van der Waals surface area contributed by atoms with Gasteiger partial charge in [0.2, 0.25) is 5.91 Å². The average Bonchev–Trinajstić information content (AvgIpc) is 2.24. The van der Waals surface area contributed by atoms with Gasteiger partial charge in [-0.2, -0.15) is 0 Å². The van der Waals surface area contributed by atoms with Gasteiger partial charge in [-0.1, -0.05) is 0 Å². The molecule has 1 atom stereocenters. The second-order valence-corrected chi connectivity index (χ2v) is 4.03. The molecule has 0 fully saturated rings. The van der Waals surface area contributed by atoms with Crippen molar-refractivity contribution in [1.29, 1.82) is 0 Å². The number of urea groups is 1. The number of carbonyl (C=O) groups is 3. The molecular formula is C11H21N3O4. The number of carboxylic acid groups (broad SMARTS) is 1. The molecule has 7 heteroatoms. The van der Waals surface area contributed by atoms with Crippen LogP contribution < -0.4 is 11.1 Å². The van der Waals surface area contributed by atoms with Crippen molar-refractivity contribution in [2.45, 2.75) is 39.2 Å². The van der Waals surface area contributed by atoms with Gasteiger partial charge < -0.3 is 21.1 Å².